The van der Waals surface area contributed by atoms with E-state index in [1.807, 2.05) is 12.1 Å². The van der Waals surface area contributed by atoms with Crippen molar-refractivity contribution in [3.63, 3.8) is 0 Å². The largest absolute Gasteiger partial charge is 0.472 e. The molecule has 0 aliphatic rings. The SMILES string of the molecule is O=C(NCc1ccc(-c2nc(-c3ccc(F)cc3)no2)s1)c1ccoc1. The molecule has 0 aliphatic heterocycles. The standard InChI is InChI=1S/C18H12FN3O3S/c19-13-3-1-11(2-4-13)16-21-18(25-22-16)15-6-5-14(26-15)9-20-17(23)12-7-8-24-10-12/h1-8,10H,9H2,(H,20,23). The van der Waals surface area contributed by atoms with Crippen LogP contribution in [0.25, 0.3) is 22.2 Å². The summed E-state index contributed by atoms with van der Waals surface area (Å²) in [5, 5.41) is 6.74. The number of carbonyl (C=O) groups excluding carboxylic acids is 1. The number of amides is 1. The molecule has 6 nitrogen and oxygen atoms in total. The lowest BCUT2D eigenvalue weighted by molar-refractivity contribution is 0.0950. The maximum atomic E-state index is 13.0. The third kappa shape index (κ3) is 3.40. The van der Waals surface area contributed by atoms with Gasteiger partial charge in [0.25, 0.3) is 11.8 Å². The van der Waals surface area contributed by atoms with Crippen LogP contribution in [-0.4, -0.2) is 16.0 Å². The first-order chi connectivity index (χ1) is 12.7. The zero-order valence-electron chi connectivity index (χ0n) is 13.3. The van der Waals surface area contributed by atoms with Crippen molar-refractivity contribution in [3.05, 3.63) is 71.2 Å². The molecule has 26 heavy (non-hydrogen) atoms. The highest BCUT2D eigenvalue weighted by atomic mass is 32.1. The highest BCUT2D eigenvalue weighted by Crippen LogP contribution is 2.28. The van der Waals surface area contributed by atoms with Gasteiger partial charge in [0, 0.05) is 10.4 Å². The Labute approximate surface area is 151 Å². The molecule has 0 spiro atoms. The van der Waals surface area contributed by atoms with Crippen LogP contribution in [0.5, 0.6) is 0 Å². The van der Waals surface area contributed by atoms with Crippen LogP contribution in [-0.2, 0) is 6.54 Å². The van der Waals surface area contributed by atoms with Crippen LogP contribution in [0.1, 0.15) is 15.2 Å². The number of thiophene rings is 1. The summed E-state index contributed by atoms with van der Waals surface area (Å²) in [6.45, 7) is 0.383. The minimum Gasteiger partial charge on any atom is -0.472 e. The van der Waals surface area contributed by atoms with Gasteiger partial charge in [-0.25, -0.2) is 4.39 Å². The molecule has 130 valence electrons. The van der Waals surface area contributed by atoms with Gasteiger partial charge in [-0.1, -0.05) is 5.16 Å². The Morgan fingerprint density at radius 3 is 2.77 bits per heavy atom. The number of hydrogen-bond donors (Lipinski definition) is 1. The van der Waals surface area contributed by atoms with Gasteiger partial charge in [0.05, 0.1) is 23.2 Å². The summed E-state index contributed by atoms with van der Waals surface area (Å²) < 4.78 is 23.2. The second kappa shape index (κ2) is 6.93. The molecule has 1 amide bonds. The molecule has 1 aromatic carbocycles. The average molecular weight is 369 g/mol. The van der Waals surface area contributed by atoms with E-state index in [0.717, 1.165) is 9.75 Å². The van der Waals surface area contributed by atoms with Crippen LogP contribution < -0.4 is 5.32 Å². The second-order valence-corrected chi connectivity index (χ2v) is 6.56. The van der Waals surface area contributed by atoms with Crippen LogP contribution in [0.15, 0.2) is 63.9 Å². The van der Waals surface area contributed by atoms with Crippen molar-refractivity contribution < 1.29 is 18.1 Å². The number of halogens is 1. The van der Waals surface area contributed by atoms with E-state index in [4.69, 9.17) is 8.94 Å². The highest BCUT2D eigenvalue weighted by molar-refractivity contribution is 7.15. The topological polar surface area (TPSA) is 81.2 Å². The van der Waals surface area contributed by atoms with E-state index in [9.17, 15) is 9.18 Å². The maximum absolute atomic E-state index is 13.0. The summed E-state index contributed by atoms with van der Waals surface area (Å²) in [4.78, 5) is 18.0. The van der Waals surface area contributed by atoms with Crippen LogP contribution in [0.2, 0.25) is 0 Å². The number of aromatic nitrogens is 2. The average Bonchev–Trinajstić information content (AvgIpc) is 3.41. The lowest BCUT2D eigenvalue weighted by Gasteiger charge is -2.00. The van der Waals surface area contributed by atoms with Crippen molar-refractivity contribution in [1.82, 2.24) is 15.5 Å². The molecule has 0 atom stereocenters. The fourth-order valence-corrected chi connectivity index (χ4v) is 3.16. The van der Waals surface area contributed by atoms with E-state index in [1.54, 1.807) is 18.2 Å². The molecule has 3 heterocycles. The first-order valence-electron chi connectivity index (χ1n) is 7.68. The molecule has 3 aromatic heterocycles. The molecule has 4 aromatic rings. The van der Waals surface area contributed by atoms with Crippen molar-refractivity contribution in [1.29, 1.82) is 0 Å². The van der Waals surface area contributed by atoms with Gasteiger partial charge in [0.1, 0.15) is 12.1 Å². The van der Waals surface area contributed by atoms with E-state index in [1.165, 1.54) is 36.0 Å². The number of nitrogens with zero attached hydrogens (tertiary/aromatic N) is 2. The summed E-state index contributed by atoms with van der Waals surface area (Å²) >= 11 is 1.44. The molecule has 1 N–H and O–H groups in total. The van der Waals surface area contributed by atoms with E-state index in [-0.39, 0.29) is 11.7 Å². The predicted molar refractivity (Wildman–Crippen MR) is 92.9 cm³/mol. The normalized spacial score (nSPS) is 10.8. The third-order valence-corrected chi connectivity index (χ3v) is 4.68. The van der Waals surface area contributed by atoms with Crippen LogP contribution in [0.4, 0.5) is 4.39 Å². The van der Waals surface area contributed by atoms with Crippen molar-refractivity contribution in [3.8, 4) is 22.2 Å². The molecule has 0 fully saturated rings. The molecular weight excluding hydrogens is 357 g/mol. The molecule has 0 aliphatic carbocycles. The molecule has 0 bridgehead atoms. The van der Waals surface area contributed by atoms with Gasteiger partial charge < -0.3 is 14.3 Å². The molecule has 0 saturated carbocycles. The summed E-state index contributed by atoms with van der Waals surface area (Å²) in [5.41, 5.74) is 1.15. The summed E-state index contributed by atoms with van der Waals surface area (Å²) in [6.07, 6.45) is 2.84. The summed E-state index contributed by atoms with van der Waals surface area (Å²) in [7, 11) is 0. The van der Waals surface area contributed by atoms with Crippen molar-refractivity contribution in [2.24, 2.45) is 0 Å². The van der Waals surface area contributed by atoms with E-state index in [2.05, 4.69) is 15.5 Å². The Hall–Kier alpha value is -3.26. The first-order valence-corrected chi connectivity index (χ1v) is 8.50. The van der Waals surface area contributed by atoms with Gasteiger partial charge in [-0.15, -0.1) is 11.3 Å². The molecule has 0 radical (unpaired) electrons. The fraction of sp³-hybridized carbons (Fsp3) is 0.0556. The second-order valence-electron chi connectivity index (χ2n) is 5.39. The Morgan fingerprint density at radius 1 is 1.15 bits per heavy atom. The number of carbonyl (C=O) groups is 1. The summed E-state index contributed by atoms with van der Waals surface area (Å²) in [6, 6.07) is 11.2. The monoisotopic (exact) mass is 369 g/mol. The maximum Gasteiger partial charge on any atom is 0.268 e. The first kappa shape index (κ1) is 16.2. The Bertz CT molecular complexity index is 1020. The van der Waals surface area contributed by atoms with Crippen molar-refractivity contribution in [2.45, 2.75) is 6.54 Å². The fourth-order valence-electron chi connectivity index (χ4n) is 2.29. The van der Waals surface area contributed by atoms with Crippen molar-refractivity contribution >= 4 is 17.2 Å². The zero-order chi connectivity index (χ0) is 17.9. The molecular formula is C18H12FN3O3S. The number of nitrogens with one attached hydrogen (secondary N) is 1. The Kier molecular flexibility index (Phi) is 4.32. The van der Waals surface area contributed by atoms with Gasteiger partial charge in [-0.05, 0) is 42.5 Å². The van der Waals surface area contributed by atoms with Gasteiger partial charge in [-0.2, -0.15) is 4.98 Å². The number of furan rings is 1. The van der Waals surface area contributed by atoms with E-state index >= 15 is 0 Å². The summed E-state index contributed by atoms with van der Waals surface area (Å²) in [5.74, 6) is 0.243. The van der Waals surface area contributed by atoms with Crippen LogP contribution in [0, 0.1) is 5.82 Å². The van der Waals surface area contributed by atoms with Gasteiger partial charge in [0.15, 0.2) is 0 Å². The van der Waals surface area contributed by atoms with Crippen molar-refractivity contribution in [2.75, 3.05) is 0 Å². The highest BCUT2D eigenvalue weighted by Gasteiger charge is 2.14. The lowest BCUT2D eigenvalue weighted by Crippen LogP contribution is -2.21. The molecule has 8 heteroatoms. The molecule has 4 rings (SSSR count). The minimum atomic E-state index is -0.321. The van der Waals surface area contributed by atoms with Crippen LogP contribution >= 0.6 is 11.3 Å². The zero-order valence-corrected chi connectivity index (χ0v) is 14.1. The smallest absolute Gasteiger partial charge is 0.268 e. The Morgan fingerprint density at radius 2 is 2.00 bits per heavy atom. The third-order valence-electron chi connectivity index (χ3n) is 3.61. The molecule has 0 saturated heterocycles. The number of rotatable bonds is 5. The molecule has 0 unspecified atom stereocenters. The van der Waals surface area contributed by atoms with E-state index < -0.39 is 0 Å². The van der Waals surface area contributed by atoms with Gasteiger partial charge >= 0.3 is 0 Å². The quantitative estimate of drug-likeness (QED) is 0.572. The lowest BCUT2D eigenvalue weighted by atomic mass is 10.2. The van der Waals surface area contributed by atoms with E-state index in [0.29, 0.717) is 29.4 Å². The van der Waals surface area contributed by atoms with Gasteiger partial charge in [-0.3, -0.25) is 4.79 Å². The Balaban J connectivity index is 1.45. The number of benzene rings is 1. The number of hydrogen-bond acceptors (Lipinski definition) is 6. The van der Waals surface area contributed by atoms with Crippen LogP contribution in [0.3, 0.4) is 0 Å². The predicted octanol–water partition coefficient (Wildman–Crippen LogP) is 4.13. The van der Waals surface area contributed by atoms with Gasteiger partial charge in [0.2, 0.25) is 5.82 Å². The minimum absolute atomic E-state index is 0.204.